The molecule has 1 unspecified atom stereocenters. The first-order valence-corrected chi connectivity index (χ1v) is 10.8. The quantitative estimate of drug-likeness (QED) is 0.572. The molecular formula is C28H28N2O. The van der Waals surface area contributed by atoms with Crippen molar-refractivity contribution in [2.24, 2.45) is 5.92 Å². The summed E-state index contributed by atoms with van der Waals surface area (Å²) in [7, 11) is 0. The zero-order valence-corrected chi connectivity index (χ0v) is 17.4. The van der Waals surface area contributed by atoms with Gasteiger partial charge in [0.1, 0.15) is 11.2 Å². The van der Waals surface area contributed by atoms with Crippen LogP contribution in [0.25, 0.3) is 0 Å². The minimum atomic E-state index is -2.26. The molecule has 1 fully saturated rings. The second kappa shape index (κ2) is 8.57. The lowest BCUT2D eigenvalue weighted by Gasteiger charge is -2.34. The van der Waals surface area contributed by atoms with E-state index in [9.17, 15) is 5.26 Å². The zero-order valence-electron chi connectivity index (χ0n) is 21.4. The van der Waals surface area contributed by atoms with Gasteiger partial charge < -0.3 is 9.64 Å². The number of hydrogen-bond acceptors (Lipinski definition) is 3. The first-order valence-electron chi connectivity index (χ1n) is 12.8. The smallest absolute Gasteiger partial charge is 0.122 e. The molecule has 0 radical (unpaired) electrons. The molecule has 1 atom stereocenters. The molecule has 2 aliphatic heterocycles. The summed E-state index contributed by atoms with van der Waals surface area (Å²) in [4.78, 5) is 1.58. The Bertz CT molecular complexity index is 1200. The van der Waals surface area contributed by atoms with Crippen LogP contribution in [0.4, 0.5) is 0 Å². The van der Waals surface area contributed by atoms with E-state index >= 15 is 0 Å². The molecule has 0 spiro atoms. The van der Waals surface area contributed by atoms with Crippen LogP contribution >= 0.6 is 0 Å². The van der Waals surface area contributed by atoms with E-state index in [1.807, 2.05) is 60.7 Å². The highest BCUT2D eigenvalue weighted by Gasteiger charge is 2.45. The van der Waals surface area contributed by atoms with Gasteiger partial charge >= 0.3 is 0 Å². The van der Waals surface area contributed by atoms with Gasteiger partial charge in [-0.05, 0) is 53.6 Å². The van der Waals surface area contributed by atoms with E-state index in [1.54, 1.807) is 23.1 Å². The summed E-state index contributed by atoms with van der Waals surface area (Å²) in [6.07, 6.45) is -0.952. The molecule has 5 rings (SSSR count). The molecule has 2 heterocycles. The van der Waals surface area contributed by atoms with E-state index in [0.717, 1.165) is 22.4 Å². The number of nitriles is 1. The van der Waals surface area contributed by atoms with Crippen molar-refractivity contribution in [3.05, 3.63) is 101 Å². The summed E-state index contributed by atoms with van der Waals surface area (Å²) >= 11 is 0. The number of nitrogens with zero attached hydrogens (tertiary/aromatic N) is 2. The predicted molar refractivity (Wildman–Crippen MR) is 123 cm³/mol. The Kier molecular flexibility index (Phi) is 4.33. The standard InChI is InChI=1S/C28H28N2O/c29-21-28(24-7-3-1-4-8-24,25-9-5-2-6-10-25)26-14-17-30(20-26)16-13-22-11-12-27-23(19-22)15-18-31-27/h1-12,19,26H,13-18,20H2/i13D2,16D2. The topological polar surface area (TPSA) is 36.3 Å². The Labute approximate surface area is 190 Å². The molecule has 0 amide bonds. The summed E-state index contributed by atoms with van der Waals surface area (Å²) in [6, 6.07) is 27.1. The molecule has 1 saturated heterocycles. The summed E-state index contributed by atoms with van der Waals surface area (Å²) < 4.78 is 41.1. The third-order valence-electron chi connectivity index (χ3n) is 6.48. The predicted octanol–water partition coefficient (Wildman–Crippen LogP) is 5.00. The fourth-order valence-electron chi connectivity index (χ4n) is 4.88. The van der Waals surface area contributed by atoms with E-state index in [2.05, 4.69) is 6.07 Å². The molecule has 31 heavy (non-hydrogen) atoms. The van der Waals surface area contributed by atoms with Crippen LogP contribution in [0, 0.1) is 17.2 Å². The number of hydrogen-bond donors (Lipinski definition) is 0. The van der Waals surface area contributed by atoms with Gasteiger partial charge in [0.25, 0.3) is 0 Å². The fourth-order valence-corrected chi connectivity index (χ4v) is 4.88. The Balaban J connectivity index is 1.49. The van der Waals surface area contributed by atoms with Gasteiger partial charge in [-0.2, -0.15) is 5.26 Å². The number of aryl methyl sites for hydroxylation is 1. The molecule has 3 aromatic rings. The second-order valence-electron chi connectivity index (χ2n) is 8.24. The van der Waals surface area contributed by atoms with E-state index in [4.69, 9.17) is 10.2 Å². The average Bonchev–Trinajstić information content (AvgIpc) is 3.56. The number of fused-ring (bicyclic) bond motifs is 1. The zero-order chi connectivity index (χ0) is 24.7. The van der Waals surface area contributed by atoms with Crippen molar-refractivity contribution in [3.63, 3.8) is 0 Å². The monoisotopic (exact) mass is 412 g/mol. The summed E-state index contributed by atoms with van der Waals surface area (Å²) in [6.45, 7) is -1.05. The third kappa shape index (κ3) is 3.73. The third-order valence-corrected chi connectivity index (χ3v) is 6.48. The second-order valence-corrected chi connectivity index (χ2v) is 8.24. The van der Waals surface area contributed by atoms with Gasteiger partial charge in [0.2, 0.25) is 0 Å². The van der Waals surface area contributed by atoms with Crippen LogP contribution in [0.2, 0.25) is 0 Å². The van der Waals surface area contributed by atoms with Gasteiger partial charge in [-0.25, -0.2) is 0 Å². The fraction of sp³-hybridized carbons (Fsp3) is 0.321. The molecular weight excluding hydrogens is 380 g/mol. The molecule has 156 valence electrons. The van der Waals surface area contributed by atoms with Crippen molar-refractivity contribution >= 4 is 0 Å². The Morgan fingerprint density at radius 2 is 1.74 bits per heavy atom. The maximum Gasteiger partial charge on any atom is 0.122 e. The van der Waals surface area contributed by atoms with Gasteiger partial charge in [-0.15, -0.1) is 0 Å². The minimum Gasteiger partial charge on any atom is -0.493 e. The number of likely N-dealkylation sites (tertiary alicyclic amines) is 1. The van der Waals surface area contributed by atoms with Gasteiger partial charge in [0.15, 0.2) is 0 Å². The summed E-state index contributed by atoms with van der Waals surface area (Å²) in [5.41, 5.74) is 2.03. The molecule has 3 aromatic carbocycles. The van der Waals surface area contributed by atoms with Crippen molar-refractivity contribution in [2.45, 2.75) is 24.6 Å². The highest BCUT2D eigenvalue weighted by atomic mass is 16.5. The highest BCUT2D eigenvalue weighted by Crippen LogP contribution is 2.43. The van der Waals surface area contributed by atoms with Crippen molar-refractivity contribution in [1.82, 2.24) is 4.90 Å². The van der Waals surface area contributed by atoms with Gasteiger partial charge in [0, 0.05) is 24.9 Å². The highest BCUT2D eigenvalue weighted by molar-refractivity contribution is 5.47. The first-order chi connectivity index (χ1) is 16.8. The van der Waals surface area contributed by atoms with Gasteiger partial charge in [-0.1, -0.05) is 72.8 Å². The number of benzene rings is 3. The van der Waals surface area contributed by atoms with Crippen LogP contribution in [-0.2, 0) is 18.2 Å². The average molecular weight is 413 g/mol. The van der Waals surface area contributed by atoms with Crippen LogP contribution in [0.5, 0.6) is 5.75 Å². The van der Waals surface area contributed by atoms with E-state index in [-0.39, 0.29) is 12.5 Å². The van der Waals surface area contributed by atoms with Crippen molar-refractivity contribution in [3.8, 4) is 11.8 Å². The Morgan fingerprint density at radius 1 is 1.03 bits per heavy atom. The summed E-state index contributed by atoms with van der Waals surface area (Å²) in [5.74, 6) is 0.549. The maximum atomic E-state index is 10.6. The molecule has 2 aliphatic rings. The minimum absolute atomic E-state index is 0.198. The van der Waals surface area contributed by atoms with E-state index < -0.39 is 18.3 Å². The number of rotatable bonds is 6. The largest absolute Gasteiger partial charge is 0.493 e. The molecule has 0 aromatic heterocycles. The van der Waals surface area contributed by atoms with Crippen molar-refractivity contribution < 1.29 is 10.2 Å². The Morgan fingerprint density at radius 3 is 2.42 bits per heavy atom. The SMILES string of the molecule is [2H]C([2H])(c1ccc2c(c1)CCO2)C([2H])([2H])N1CCC(C(C#N)(c2ccccc2)c2ccccc2)C1. The molecule has 3 nitrogen and oxygen atoms in total. The lowest BCUT2D eigenvalue weighted by molar-refractivity contribution is 0.308. The Hall–Kier alpha value is -3.09. The molecule has 0 aliphatic carbocycles. The van der Waals surface area contributed by atoms with Crippen LogP contribution in [0.15, 0.2) is 78.9 Å². The number of ether oxygens (including phenoxy) is 1. The van der Waals surface area contributed by atoms with Gasteiger partial charge in [0.05, 0.1) is 12.7 Å². The van der Waals surface area contributed by atoms with E-state index in [0.29, 0.717) is 31.6 Å². The lowest BCUT2D eigenvalue weighted by atomic mass is 9.66. The van der Waals surface area contributed by atoms with Crippen LogP contribution in [0.3, 0.4) is 0 Å². The molecule has 3 heteroatoms. The van der Waals surface area contributed by atoms with Gasteiger partial charge in [-0.3, -0.25) is 0 Å². The molecule has 0 saturated carbocycles. The van der Waals surface area contributed by atoms with E-state index in [1.165, 1.54) is 0 Å². The first kappa shape index (κ1) is 15.7. The lowest BCUT2D eigenvalue weighted by Crippen LogP contribution is -2.37. The molecule has 0 N–H and O–H groups in total. The van der Waals surface area contributed by atoms with Crippen LogP contribution < -0.4 is 4.74 Å². The maximum absolute atomic E-state index is 10.6. The van der Waals surface area contributed by atoms with Crippen LogP contribution in [-0.4, -0.2) is 31.1 Å². The van der Waals surface area contributed by atoms with Crippen LogP contribution in [0.1, 0.15) is 34.2 Å². The van der Waals surface area contributed by atoms with Crippen molar-refractivity contribution in [2.75, 3.05) is 26.2 Å². The molecule has 0 bridgehead atoms. The normalized spacial score (nSPS) is 21.2. The summed E-state index contributed by atoms with van der Waals surface area (Å²) in [5, 5.41) is 10.6. The van der Waals surface area contributed by atoms with Crippen molar-refractivity contribution in [1.29, 1.82) is 5.26 Å².